The molecule has 3 aromatic heterocycles. The molecule has 0 aliphatic carbocycles. The molecule has 0 saturated carbocycles. The van der Waals surface area contributed by atoms with Gasteiger partial charge in [-0.2, -0.15) is 5.10 Å². The summed E-state index contributed by atoms with van der Waals surface area (Å²) >= 11 is 0. The van der Waals surface area contributed by atoms with Gasteiger partial charge in [-0.3, -0.25) is 0 Å². The third-order valence-electron chi connectivity index (χ3n) is 4.23. The van der Waals surface area contributed by atoms with Crippen LogP contribution < -0.4 is 5.32 Å². The Labute approximate surface area is 139 Å². The third-order valence-corrected chi connectivity index (χ3v) is 4.23. The number of hydrogen-bond acceptors (Lipinski definition) is 5. The Balaban J connectivity index is 1.67. The fourth-order valence-electron chi connectivity index (χ4n) is 3.06. The second-order valence-electron chi connectivity index (χ2n) is 6.14. The molecule has 4 rings (SSSR count). The molecule has 1 N–H and O–H groups in total. The Morgan fingerprint density at radius 3 is 2.83 bits per heavy atom. The van der Waals surface area contributed by atoms with Gasteiger partial charge in [-0.1, -0.05) is 0 Å². The minimum atomic E-state index is 0.0906. The fourth-order valence-corrected chi connectivity index (χ4v) is 3.06. The van der Waals surface area contributed by atoms with Crippen molar-refractivity contribution in [3.8, 4) is 0 Å². The van der Waals surface area contributed by atoms with Crippen molar-refractivity contribution >= 4 is 22.4 Å². The summed E-state index contributed by atoms with van der Waals surface area (Å²) in [7, 11) is 0. The Morgan fingerprint density at radius 2 is 2.00 bits per heavy atom. The molecule has 122 valence electrons. The standard InChI is InChI=1S/C18H19N5O/c1-10-7-18-19-9-15(12(3)23(18)22-10)11(2)20-14-5-6-16-17(8-14)24-13(4)21-16/h5-9,11,20H,1-4H3/t11-/m0/s1. The van der Waals surface area contributed by atoms with Crippen LogP contribution in [0.1, 0.15) is 35.8 Å². The number of aryl methyl sites for hydroxylation is 3. The third kappa shape index (κ3) is 2.40. The van der Waals surface area contributed by atoms with E-state index < -0.39 is 0 Å². The zero-order valence-corrected chi connectivity index (χ0v) is 14.2. The zero-order valence-electron chi connectivity index (χ0n) is 14.2. The van der Waals surface area contributed by atoms with Crippen LogP contribution in [0.3, 0.4) is 0 Å². The smallest absolute Gasteiger partial charge is 0.192 e. The Bertz CT molecular complexity index is 1050. The number of anilines is 1. The minimum absolute atomic E-state index is 0.0906. The molecule has 1 aromatic carbocycles. The highest BCUT2D eigenvalue weighted by atomic mass is 16.3. The Kier molecular flexibility index (Phi) is 3.26. The summed E-state index contributed by atoms with van der Waals surface area (Å²) in [4.78, 5) is 8.84. The van der Waals surface area contributed by atoms with E-state index in [1.807, 2.05) is 48.8 Å². The lowest BCUT2D eigenvalue weighted by atomic mass is 10.1. The Morgan fingerprint density at radius 1 is 1.17 bits per heavy atom. The first kappa shape index (κ1) is 14.7. The molecular weight excluding hydrogens is 302 g/mol. The van der Waals surface area contributed by atoms with Gasteiger partial charge in [0.25, 0.3) is 0 Å². The van der Waals surface area contributed by atoms with Crippen LogP contribution in [0.5, 0.6) is 0 Å². The van der Waals surface area contributed by atoms with Crippen molar-refractivity contribution in [2.24, 2.45) is 0 Å². The van der Waals surface area contributed by atoms with Crippen molar-refractivity contribution in [1.29, 1.82) is 0 Å². The summed E-state index contributed by atoms with van der Waals surface area (Å²) in [5, 5.41) is 8.01. The highest BCUT2D eigenvalue weighted by Gasteiger charge is 2.14. The van der Waals surface area contributed by atoms with Crippen LogP contribution in [0.2, 0.25) is 0 Å². The first-order valence-corrected chi connectivity index (χ1v) is 7.97. The number of oxazole rings is 1. The number of nitrogens with one attached hydrogen (secondary N) is 1. The lowest BCUT2D eigenvalue weighted by Gasteiger charge is -2.17. The number of aromatic nitrogens is 4. The lowest BCUT2D eigenvalue weighted by molar-refractivity contribution is 0.561. The molecule has 0 spiro atoms. The van der Waals surface area contributed by atoms with Crippen molar-refractivity contribution in [1.82, 2.24) is 19.6 Å². The molecule has 1 atom stereocenters. The maximum Gasteiger partial charge on any atom is 0.192 e. The highest BCUT2D eigenvalue weighted by molar-refractivity contribution is 5.77. The van der Waals surface area contributed by atoms with E-state index in [0.717, 1.165) is 39.4 Å². The van der Waals surface area contributed by atoms with Gasteiger partial charge in [0.2, 0.25) is 0 Å². The van der Waals surface area contributed by atoms with E-state index in [9.17, 15) is 0 Å². The summed E-state index contributed by atoms with van der Waals surface area (Å²) in [6.45, 7) is 8.01. The first-order chi connectivity index (χ1) is 11.5. The molecule has 4 aromatic rings. The maximum absolute atomic E-state index is 5.60. The van der Waals surface area contributed by atoms with E-state index in [0.29, 0.717) is 5.89 Å². The van der Waals surface area contributed by atoms with Crippen molar-refractivity contribution in [2.75, 3.05) is 5.32 Å². The van der Waals surface area contributed by atoms with Crippen molar-refractivity contribution < 1.29 is 4.42 Å². The molecular formula is C18H19N5O. The second-order valence-corrected chi connectivity index (χ2v) is 6.14. The summed E-state index contributed by atoms with van der Waals surface area (Å²) in [5.41, 5.74) is 6.69. The van der Waals surface area contributed by atoms with Crippen LogP contribution in [-0.2, 0) is 0 Å². The van der Waals surface area contributed by atoms with Crippen molar-refractivity contribution in [3.63, 3.8) is 0 Å². The molecule has 0 fully saturated rings. The van der Waals surface area contributed by atoms with Gasteiger partial charge < -0.3 is 9.73 Å². The number of rotatable bonds is 3. The van der Waals surface area contributed by atoms with Gasteiger partial charge in [0.15, 0.2) is 17.1 Å². The van der Waals surface area contributed by atoms with Crippen LogP contribution in [0, 0.1) is 20.8 Å². The highest BCUT2D eigenvalue weighted by Crippen LogP contribution is 2.25. The molecule has 6 nitrogen and oxygen atoms in total. The second kappa shape index (κ2) is 5.33. The predicted octanol–water partition coefficient (Wildman–Crippen LogP) is 3.97. The summed E-state index contributed by atoms with van der Waals surface area (Å²) in [6.07, 6.45) is 1.92. The van der Waals surface area contributed by atoms with Crippen molar-refractivity contribution in [3.05, 3.63) is 53.3 Å². The molecule has 0 radical (unpaired) electrons. The number of benzene rings is 1. The fraction of sp³-hybridized carbons (Fsp3) is 0.278. The van der Waals surface area contributed by atoms with Gasteiger partial charge in [-0.25, -0.2) is 14.5 Å². The van der Waals surface area contributed by atoms with Crippen molar-refractivity contribution in [2.45, 2.75) is 33.7 Å². The summed E-state index contributed by atoms with van der Waals surface area (Å²) in [6, 6.07) is 8.03. The van der Waals surface area contributed by atoms with E-state index >= 15 is 0 Å². The minimum Gasteiger partial charge on any atom is -0.441 e. The SMILES string of the molecule is Cc1cc2ncc([C@H](C)Nc3ccc4nc(C)oc4c3)c(C)n2n1. The average molecular weight is 321 g/mol. The quantitative estimate of drug-likeness (QED) is 0.618. The number of nitrogens with zero attached hydrogens (tertiary/aromatic N) is 4. The van der Waals surface area contributed by atoms with Crippen LogP contribution >= 0.6 is 0 Å². The van der Waals surface area contributed by atoms with Gasteiger partial charge in [0.05, 0.1) is 11.7 Å². The van der Waals surface area contributed by atoms with Crippen LogP contribution in [0.25, 0.3) is 16.7 Å². The Hall–Kier alpha value is -2.89. The molecule has 3 heterocycles. The molecule has 0 saturated heterocycles. The molecule has 0 unspecified atom stereocenters. The van der Waals surface area contributed by atoms with Gasteiger partial charge in [0.1, 0.15) is 5.52 Å². The molecule has 0 aliphatic heterocycles. The molecule has 0 aliphatic rings. The largest absolute Gasteiger partial charge is 0.441 e. The van der Waals surface area contributed by atoms with Crippen LogP contribution in [0.15, 0.2) is 34.9 Å². The van der Waals surface area contributed by atoms with Gasteiger partial charge >= 0.3 is 0 Å². The average Bonchev–Trinajstić information content (AvgIpc) is 3.08. The normalized spacial score (nSPS) is 12.8. The van der Waals surface area contributed by atoms with Crippen LogP contribution in [0.4, 0.5) is 5.69 Å². The summed E-state index contributed by atoms with van der Waals surface area (Å²) in [5.74, 6) is 0.676. The van der Waals surface area contributed by atoms with E-state index in [1.165, 1.54) is 0 Å². The monoisotopic (exact) mass is 321 g/mol. The van der Waals surface area contributed by atoms with Gasteiger partial charge in [0, 0.05) is 42.2 Å². The molecule has 24 heavy (non-hydrogen) atoms. The number of fused-ring (bicyclic) bond motifs is 2. The van der Waals surface area contributed by atoms with E-state index in [4.69, 9.17) is 4.42 Å². The van der Waals surface area contributed by atoms with Crippen LogP contribution in [-0.4, -0.2) is 19.6 Å². The van der Waals surface area contributed by atoms with E-state index in [2.05, 4.69) is 34.2 Å². The summed E-state index contributed by atoms with van der Waals surface area (Å²) < 4.78 is 7.50. The molecule has 0 amide bonds. The topological polar surface area (TPSA) is 68.2 Å². The molecule has 0 bridgehead atoms. The predicted molar refractivity (Wildman–Crippen MR) is 93.2 cm³/mol. The van der Waals surface area contributed by atoms with Gasteiger partial charge in [-0.15, -0.1) is 0 Å². The molecule has 6 heteroatoms. The lowest BCUT2D eigenvalue weighted by Crippen LogP contribution is -2.11. The van der Waals surface area contributed by atoms with Gasteiger partial charge in [-0.05, 0) is 32.9 Å². The van der Waals surface area contributed by atoms with E-state index in [-0.39, 0.29) is 6.04 Å². The number of hydrogen-bond donors (Lipinski definition) is 1. The van der Waals surface area contributed by atoms with E-state index in [1.54, 1.807) is 0 Å². The zero-order chi connectivity index (χ0) is 16.8. The first-order valence-electron chi connectivity index (χ1n) is 7.97. The maximum atomic E-state index is 5.60.